The summed E-state index contributed by atoms with van der Waals surface area (Å²) in [7, 11) is 1.75. The molecule has 0 aliphatic heterocycles. The fourth-order valence-corrected chi connectivity index (χ4v) is 2.73. The predicted octanol–water partition coefficient (Wildman–Crippen LogP) is 3.55. The first kappa shape index (κ1) is 15.1. The number of halogens is 3. The van der Waals surface area contributed by atoms with Gasteiger partial charge in [0.25, 0.3) is 0 Å². The van der Waals surface area contributed by atoms with Crippen molar-refractivity contribution >= 4 is 15.9 Å². The van der Waals surface area contributed by atoms with Crippen molar-refractivity contribution in [2.24, 2.45) is 7.05 Å². The molecule has 0 radical (unpaired) electrons. The molecule has 2 aromatic rings. The molecule has 1 unspecified atom stereocenters. The third-order valence-electron chi connectivity index (χ3n) is 3.10. The van der Waals surface area contributed by atoms with Gasteiger partial charge in [-0.2, -0.15) is 5.10 Å². The van der Waals surface area contributed by atoms with Gasteiger partial charge in [0.1, 0.15) is 11.6 Å². The molecular formula is C14H16BrF2N3. The maximum atomic E-state index is 14.1. The van der Waals surface area contributed by atoms with Crippen LogP contribution in [0.2, 0.25) is 0 Å². The second-order valence-corrected chi connectivity index (χ2v) is 5.38. The lowest BCUT2D eigenvalue weighted by molar-refractivity contribution is 0.484. The largest absolute Gasteiger partial charge is 0.305 e. The van der Waals surface area contributed by atoms with Crippen LogP contribution in [0.5, 0.6) is 0 Å². The van der Waals surface area contributed by atoms with Gasteiger partial charge in [-0.15, -0.1) is 0 Å². The Morgan fingerprint density at radius 2 is 2.00 bits per heavy atom. The zero-order valence-corrected chi connectivity index (χ0v) is 12.9. The quantitative estimate of drug-likeness (QED) is 0.899. The Bertz CT molecular complexity index is 558. The highest BCUT2D eigenvalue weighted by atomic mass is 79.9. The minimum absolute atomic E-state index is 0.0188. The van der Waals surface area contributed by atoms with Crippen molar-refractivity contribution in [2.75, 3.05) is 6.54 Å². The monoisotopic (exact) mass is 343 g/mol. The van der Waals surface area contributed by atoms with Crippen molar-refractivity contribution < 1.29 is 8.78 Å². The molecule has 1 N–H and O–H groups in total. The maximum absolute atomic E-state index is 14.1. The van der Waals surface area contributed by atoms with Crippen LogP contribution in [0.25, 0.3) is 0 Å². The molecule has 0 saturated carbocycles. The predicted molar refractivity (Wildman–Crippen MR) is 77.4 cm³/mol. The van der Waals surface area contributed by atoms with Crippen LogP contribution in [0.3, 0.4) is 0 Å². The molecule has 0 spiro atoms. The fraction of sp³-hybridized carbons (Fsp3) is 0.357. The topological polar surface area (TPSA) is 29.9 Å². The molecule has 1 heterocycles. The van der Waals surface area contributed by atoms with Crippen LogP contribution in [0.4, 0.5) is 8.78 Å². The van der Waals surface area contributed by atoms with Gasteiger partial charge in [-0.25, -0.2) is 8.78 Å². The van der Waals surface area contributed by atoms with Crippen molar-refractivity contribution in [3.63, 3.8) is 0 Å². The van der Waals surface area contributed by atoms with E-state index in [-0.39, 0.29) is 5.56 Å². The number of nitrogens with zero attached hydrogens (tertiary/aromatic N) is 2. The van der Waals surface area contributed by atoms with Crippen LogP contribution >= 0.6 is 15.9 Å². The third kappa shape index (κ3) is 2.91. The molecule has 1 aromatic heterocycles. The highest BCUT2D eigenvalue weighted by Gasteiger charge is 2.25. The molecule has 0 aliphatic carbocycles. The van der Waals surface area contributed by atoms with Gasteiger partial charge in [0.2, 0.25) is 0 Å². The highest BCUT2D eigenvalue weighted by molar-refractivity contribution is 9.10. The van der Waals surface area contributed by atoms with Crippen molar-refractivity contribution in [1.29, 1.82) is 0 Å². The van der Waals surface area contributed by atoms with Crippen LogP contribution in [-0.4, -0.2) is 16.3 Å². The van der Waals surface area contributed by atoms with Gasteiger partial charge in [-0.3, -0.25) is 4.68 Å². The summed E-state index contributed by atoms with van der Waals surface area (Å²) in [6.45, 7) is 2.65. The SMILES string of the molecule is CCCNC(c1c(F)cccc1F)c1c(Br)cnn1C. The first-order chi connectivity index (χ1) is 9.56. The summed E-state index contributed by atoms with van der Waals surface area (Å²) in [6, 6.07) is 3.31. The normalized spacial score (nSPS) is 12.7. The van der Waals surface area contributed by atoms with Crippen molar-refractivity contribution in [2.45, 2.75) is 19.4 Å². The van der Waals surface area contributed by atoms with Gasteiger partial charge in [-0.1, -0.05) is 13.0 Å². The Labute approximate surface area is 125 Å². The van der Waals surface area contributed by atoms with Crippen LogP contribution in [0, 0.1) is 11.6 Å². The highest BCUT2D eigenvalue weighted by Crippen LogP contribution is 2.31. The number of aryl methyl sites for hydroxylation is 1. The van der Waals surface area contributed by atoms with Gasteiger partial charge >= 0.3 is 0 Å². The lowest BCUT2D eigenvalue weighted by atomic mass is 10.0. The first-order valence-corrected chi connectivity index (χ1v) is 7.20. The zero-order chi connectivity index (χ0) is 14.7. The van der Waals surface area contributed by atoms with E-state index in [0.717, 1.165) is 10.9 Å². The Morgan fingerprint density at radius 3 is 2.50 bits per heavy atom. The van der Waals surface area contributed by atoms with E-state index in [1.807, 2.05) is 6.92 Å². The molecular weight excluding hydrogens is 328 g/mol. The lowest BCUT2D eigenvalue weighted by Crippen LogP contribution is -2.27. The van der Waals surface area contributed by atoms with Crippen LogP contribution in [0.15, 0.2) is 28.9 Å². The molecule has 0 saturated heterocycles. The van der Waals surface area contributed by atoms with Crippen molar-refractivity contribution in [3.05, 3.63) is 51.8 Å². The van der Waals surface area contributed by atoms with E-state index in [1.165, 1.54) is 18.2 Å². The number of nitrogens with one attached hydrogen (secondary N) is 1. The summed E-state index contributed by atoms with van der Waals surface area (Å²) in [5.74, 6) is -1.13. The molecule has 20 heavy (non-hydrogen) atoms. The Balaban J connectivity index is 2.53. The number of hydrogen-bond acceptors (Lipinski definition) is 2. The van der Waals surface area contributed by atoms with Gasteiger partial charge in [0, 0.05) is 12.6 Å². The van der Waals surface area contributed by atoms with Crippen molar-refractivity contribution in [3.8, 4) is 0 Å². The molecule has 0 amide bonds. The third-order valence-corrected chi connectivity index (χ3v) is 3.71. The van der Waals surface area contributed by atoms with E-state index in [4.69, 9.17) is 0 Å². The van der Waals surface area contributed by atoms with E-state index in [9.17, 15) is 8.78 Å². The first-order valence-electron chi connectivity index (χ1n) is 6.41. The minimum Gasteiger partial charge on any atom is -0.305 e. The maximum Gasteiger partial charge on any atom is 0.131 e. The number of benzene rings is 1. The molecule has 0 fully saturated rings. The molecule has 1 atom stereocenters. The van der Waals surface area contributed by atoms with E-state index < -0.39 is 17.7 Å². The molecule has 108 valence electrons. The van der Waals surface area contributed by atoms with E-state index >= 15 is 0 Å². The average Bonchev–Trinajstić information content (AvgIpc) is 2.73. The zero-order valence-electron chi connectivity index (χ0n) is 11.3. The second kappa shape index (κ2) is 6.45. The molecule has 2 rings (SSSR count). The Morgan fingerprint density at radius 1 is 1.35 bits per heavy atom. The summed E-state index contributed by atoms with van der Waals surface area (Å²) >= 11 is 3.39. The smallest absolute Gasteiger partial charge is 0.131 e. The van der Waals surface area contributed by atoms with Gasteiger partial charge in [0.05, 0.1) is 22.4 Å². The average molecular weight is 344 g/mol. The minimum atomic E-state index is -0.585. The summed E-state index contributed by atoms with van der Waals surface area (Å²) in [5, 5.41) is 7.30. The van der Waals surface area contributed by atoms with E-state index in [1.54, 1.807) is 17.9 Å². The van der Waals surface area contributed by atoms with Gasteiger partial charge in [0.15, 0.2) is 0 Å². The fourth-order valence-electron chi connectivity index (χ4n) is 2.16. The summed E-state index contributed by atoms with van der Waals surface area (Å²) < 4.78 is 30.4. The Hall–Kier alpha value is -1.27. The van der Waals surface area contributed by atoms with Gasteiger partial charge < -0.3 is 5.32 Å². The van der Waals surface area contributed by atoms with Crippen LogP contribution in [-0.2, 0) is 7.05 Å². The number of hydrogen-bond donors (Lipinski definition) is 1. The molecule has 0 aliphatic rings. The van der Waals surface area contributed by atoms with E-state index in [0.29, 0.717) is 12.2 Å². The Kier molecular flexibility index (Phi) is 4.88. The van der Waals surface area contributed by atoms with Crippen LogP contribution in [0.1, 0.15) is 30.6 Å². The number of rotatable bonds is 5. The standard InChI is InChI=1S/C14H16BrF2N3/c1-3-7-18-13(14-9(15)8-19-20(14)2)12-10(16)5-4-6-11(12)17/h4-6,8,13,18H,3,7H2,1-2H3. The van der Waals surface area contributed by atoms with Crippen molar-refractivity contribution in [1.82, 2.24) is 15.1 Å². The summed E-state index contributed by atoms with van der Waals surface area (Å²) in [4.78, 5) is 0. The summed E-state index contributed by atoms with van der Waals surface area (Å²) in [6.07, 6.45) is 2.48. The van der Waals surface area contributed by atoms with Gasteiger partial charge in [-0.05, 0) is 41.0 Å². The molecule has 6 heteroatoms. The molecule has 1 aromatic carbocycles. The van der Waals surface area contributed by atoms with E-state index in [2.05, 4.69) is 26.3 Å². The number of aromatic nitrogens is 2. The second-order valence-electron chi connectivity index (χ2n) is 4.52. The molecule has 3 nitrogen and oxygen atoms in total. The lowest BCUT2D eigenvalue weighted by Gasteiger charge is -2.21. The summed E-state index contributed by atoms with van der Waals surface area (Å²) in [5.41, 5.74) is 0.715. The molecule has 0 bridgehead atoms. The van der Waals surface area contributed by atoms with Crippen LogP contribution < -0.4 is 5.32 Å².